The average Bonchev–Trinajstić information content (AvgIpc) is 2.88. The highest BCUT2D eigenvalue weighted by Gasteiger charge is 2.21. The summed E-state index contributed by atoms with van der Waals surface area (Å²) in [6, 6.07) is 0.446. The number of hydrogen-bond donors (Lipinski definition) is 0. The molecule has 112 valence electrons. The van der Waals surface area contributed by atoms with E-state index in [4.69, 9.17) is 0 Å². The summed E-state index contributed by atoms with van der Waals surface area (Å²) < 4.78 is 1.99. The van der Waals surface area contributed by atoms with Crippen LogP contribution >= 0.6 is 0 Å². The Morgan fingerprint density at radius 2 is 1.95 bits per heavy atom. The molecule has 6 nitrogen and oxygen atoms in total. The number of aryl methyl sites for hydroxylation is 2. The molecular weight excluding hydrogens is 264 g/mol. The maximum Gasteiger partial charge on any atom is 0.135 e. The van der Waals surface area contributed by atoms with Gasteiger partial charge >= 0.3 is 0 Å². The van der Waals surface area contributed by atoms with Gasteiger partial charge in [-0.3, -0.25) is 0 Å². The molecule has 0 amide bonds. The Morgan fingerprint density at radius 3 is 2.71 bits per heavy atom. The fourth-order valence-corrected chi connectivity index (χ4v) is 3.03. The predicted octanol–water partition coefficient (Wildman–Crippen LogP) is 2.22. The van der Waals surface area contributed by atoms with E-state index in [0.717, 1.165) is 49.7 Å². The van der Waals surface area contributed by atoms with Crippen molar-refractivity contribution in [3.63, 3.8) is 0 Å². The molecule has 0 aromatic carbocycles. The summed E-state index contributed by atoms with van der Waals surface area (Å²) in [5, 5.41) is 8.07. The molecule has 1 aliphatic rings. The molecule has 0 aliphatic carbocycles. The third-order valence-corrected chi connectivity index (χ3v) is 4.29. The van der Waals surface area contributed by atoms with Gasteiger partial charge in [0.15, 0.2) is 0 Å². The normalized spacial score (nSPS) is 19.6. The Hall–Kier alpha value is -1.98. The molecule has 0 N–H and O–H groups in total. The van der Waals surface area contributed by atoms with Crippen molar-refractivity contribution in [1.82, 2.24) is 25.0 Å². The van der Waals surface area contributed by atoms with E-state index in [0.29, 0.717) is 6.04 Å². The predicted molar refractivity (Wildman–Crippen MR) is 81.4 cm³/mol. The first kappa shape index (κ1) is 14.0. The second-order valence-corrected chi connectivity index (χ2v) is 5.76. The van der Waals surface area contributed by atoms with E-state index in [9.17, 15) is 0 Å². The summed E-state index contributed by atoms with van der Waals surface area (Å²) in [7, 11) is 0. The van der Waals surface area contributed by atoms with Crippen molar-refractivity contribution in [2.45, 2.75) is 46.1 Å². The number of aromatic nitrogens is 5. The van der Waals surface area contributed by atoms with Crippen molar-refractivity contribution in [2.75, 3.05) is 18.0 Å². The van der Waals surface area contributed by atoms with E-state index in [-0.39, 0.29) is 0 Å². The van der Waals surface area contributed by atoms with Crippen molar-refractivity contribution < 1.29 is 0 Å². The highest BCUT2D eigenvalue weighted by Crippen LogP contribution is 2.26. The summed E-state index contributed by atoms with van der Waals surface area (Å²) >= 11 is 0. The SMILES string of the molecule is Cc1nc(C)c(C)c(N2CCCC(n3ccnn3)CC2)n1. The van der Waals surface area contributed by atoms with Gasteiger partial charge in [-0.25, -0.2) is 14.6 Å². The number of rotatable bonds is 2. The number of anilines is 1. The molecule has 0 radical (unpaired) electrons. The smallest absolute Gasteiger partial charge is 0.135 e. The maximum atomic E-state index is 4.67. The minimum absolute atomic E-state index is 0.446. The van der Waals surface area contributed by atoms with Gasteiger partial charge in [-0.2, -0.15) is 0 Å². The fraction of sp³-hybridized carbons (Fsp3) is 0.600. The van der Waals surface area contributed by atoms with Gasteiger partial charge in [-0.05, 0) is 40.0 Å². The molecule has 6 heteroatoms. The van der Waals surface area contributed by atoms with Crippen molar-refractivity contribution >= 4 is 5.82 Å². The molecule has 0 bridgehead atoms. The van der Waals surface area contributed by atoms with Crippen LogP contribution in [0.4, 0.5) is 5.82 Å². The summed E-state index contributed by atoms with van der Waals surface area (Å²) in [5.41, 5.74) is 2.27. The molecule has 1 saturated heterocycles. The van der Waals surface area contributed by atoms with Gasteiger partial charge in [-0.1, -0.05) is 5.21 Å². The second kappa shape index (κ2) is 5.79. The average molecular weight is 286 g/mol. The molecule has 3 rings (SSSR count). The van der Waals surface area contributed by atoms with Crippen molar-refractivity contribution in [2.24, 2.45) is 0 Å². The fourth-order valence-electron chi connectivity index (χ4n) is 3.03. The molecule has 1 fully saturated rings. The molecule has 1 unspecified atom stereocenters. The van der Waals surface area contributed by atoms with Crippen LogP contribution in [-0.4, -0.2) is 38.1 Å². The Labute approximate surface area is 125 Å². The third kappa shape index (κ3) is 2.89. The lowest BCUT2D eigenvalue weighted by Gasteiger charge is -2.24. The summed E-state index contributed by atoms with van der Waals surface area (Å²) in [5.74, 6) is 1.95. The van der Waals surface area contributed by atoms with Crippen molar-refractivity contribution in [3.8, 4) is 0 Å². The van der Waals surface area contributed by atoms with Crippen LogP contribution in [0.2, 0.25) is 0 Å². The van der Waals surface area contributed by atoms with E-state index in [2.05, 4.69) is 39.0 Å². The van der Waals surface area contributed by atoms with Gasteiger partial charge < -0.3 is 4.90 Å². The molecule has 0 saturated carbocycles. The quantitative estimate of drug-likeness (QED) is 0.847. The van der Waals surface area contributed by atoms with Crippen molar-refractivity contribution in [1.29, 1.82) is 0 Å². The first-order valence-electron chi connectivity index (χ1n) is 7.57. The van der Waals surface area contributed by atoms with Crippen LogP contribution in [0.5, 0.6) is 0 Å². The largest absolute Gasteiger partial charge is 0.356 e. The Bertz CT molecular complexity index is 607. The topological polar surface area (TPSA) is 59.7 Å². The van der Waals surface area contributed by atoms with Crippen LogP contribution < -0.4 is 4.90 Å². The monoisotopic (exact) mass is 286 g/mol. The van der Waals surface area contributed by atoms with Crippen molar-refractivity contribution in [3.05, 3.63) is 29.5 Å². The standard InChI is InChI=1S/C15H22N6/c1-11-12(2)17-13(3)18-15(11)20-8-4-5-14(6-9-20)21-10-7-16-19-21/h7,10,14H,4-6,8-9H2,1-3H3. The lowest BCUT2D eigenvalue weighted by molar-refractivity contribution is 0.406. The van der Waals surface area contributed by atoms with Crippen LogP contribution in [0.3, 0.4) is 0 Å². The highest BCUT2D eigenvalue weighted by atomic mass is 15.4. The molecule has 2 aromatic heterocycles. The van der Waals surface area contributed by atoms with E-state index in [1.807, 2.05) is 17.8 Å². The molecular formula is C15H22N6. The second-order valence-electron chi connectivity index (χ2n) is 5.76. The molecule has 1 aliphatic heterocycles. The Balaban J connectivity index is 1.79. The summed E-state index contributed by atoms with van der Waals surface area (Å²) in [6.45, 7) is 8.18. The molecule has 21 heavy (non-hydrogen) atoms. The summed E-state index contributed by atoms with van der Waals surface area (Å²) in [4.78, 5) is 11.5. The van der Waals surface area contributed by atoms with Gasteiger partial charge in [0.25, 0.3) is 0 Å². The first-order chi connectivity index (χ1) is 10.1. The lowest BCUT2D eigenvalue weighted by atomic mass is 10.1. The molecule has 3 heterocycles. The van der Waals surface area contributed by atoms with Gasteiger partial charge in [0.1, 0.15) is 11.6 Å². The van der Waals surface area contributed by atoms with Gasteiger partial charge in [0, 0.05) is 30.5 Å². The van der Waals surface area contributed by atoms with Crippen LogP contribution in [0.15, 0.2) is 12.4 Å². The summed E-state index contributed by atoms with van der Waals surface area (Å²) in [6.07, 6.45) is 7.08. The van der Waals surface area contributed by atoms with Crippen LogP contribution in [0, 0.1) is 20.8 Å². The van der Waals surface area contributed by atoms with E-state index in [1.54, 1.807) is 6.20 Å². The number of nitrogens with zero attached hydrogens (tertiary/aromatic N) is 6. The minimum Gasteiger partial charge on any atom is -0.356 e. The van der Waals surface area contributed by atoms with Crippen LogP contribution in [0.1, 0.15) is 42.4 Å². The molecule has 2 aromatic rings. The van der Waals surface area contributed by atoms with E-state index < -0.39 is 0 Å². The zero-order chi connectivity index (χ0) is 14.8. The maximum absolute atomic E-state index is 4.67. The van der Waals surface area contributed by atoms with Gasteiger partial charge in [0.05, 0.1) is 12.2 Å². The van der Waals surface area contributed by atoms with E-state index in [1.165, 1.54) is 5.56 Å². The Kier molecular flexibility index (Phi) is 3.86. The molecule has 0 spiro atoms. The zero-order valence-electron chi connectivity index (χ0n) is 13.0. The van der Waals surface area contributed by atoms with Gasteiger partial charge in [-0.15, -0.1) is 5.10 Å². The van der Waals surface area contributed by atoms with Crippen LogP contribution in [0.25, 0.3) is 0 Å². The van der Waals surface area contributed by atoms with E-state index >= 15 is 0 Å². The third-order valence-electron chi connectivity index (χ3n) is 4.29. The van der Waals surface area contributed by atoms with Crippen LogP contribution in [-0.2, 0) is 0 Å². The lowest BCUT2D eigenvalue weighted by Crippen LogP contribution is -2.27. The number of hydrogen-bond acceptors (Lipinski definition) is 5. The molecule has 1 atom stereocenters. The first-order valence-corrected chi connectivity index (χ1v) is 7.57. The highest BCUT2D eigenvalue weighted by molar-refractivity contribution is 5.48. The Morgan fingerprint density at radius 1 is 1.10 bits per heavy atom. The van der Waals surface area contributed by atoms with Gasteiger partial charge in [0.2, 0.25) is 0 Å². The zero-order valence-corrected chi connectivity index (χ0v) is 13.0. The minimum atomic E-state index is 0.446.